The summed E-state index contributed by atoms with van der Waals surface area (Å²) in [5.41, 5.74) is 4.70. The SMILES string of the molecule is CCCCCn1nc(C(=O)NNC(=O)C2(c3ccc(F)cc3)CC2)c2ccccc2c1=O. The van der Waals surface area contributed by atoms with E-state index < -0.39 is 11.3 Å². The van der Waals surface area contributed by atoms with Crippen molar-refractivity contribution in [2.75, 3.05) is 0 Å². The monoisotopic (exact) mass is 436 g/mol. The number of amides is 2. The Morgan fingerprint density at radius 1 is 1.03 bits per heavy atom. The average Bonchev–Trinajstić information content (AvgIpc) is 3.61. The molecule has 1 aliphatic rings. The highest BCUT2D eigenvalue weighted by Gasteiger charge is 2.51. The fourth-order valence-electron chi connectivity index (χ4n) is 3.90. The Bertz CT molecular complexity index is 1220. The van der Waals surface area contributed by atoms with Gasteiger partial charge in [-0.05, 0) is 43.0 Å². The van der Waals surface area contributed by atoms with Crippen LogP contribution in [-0.2, 0) is 16.8 Å². The Morgan fingerprint density at radius 2 is 1.72 bits per heavy atom. The predicted molar refractivity (Wildman–Crippen MR) is 118 cm³/mol. The molecular weight excluding hydrogens is 411 g/mol. The molecule has 166 valence electrons. The Labute approximate surface area is 184 Å². The van der Waals surface area contributed by atoms with Gasteiger partial charge in [-0.1, -0.05) is 50.1 Å². The minimum atomic E-state index is -0.768. The quantitative estimate of drug-likeness (QED) is 0.439. The third-order valence-corrected chi connectivity index (χ3v) is 5.93. The second kappa shape index (κ2) is 8.90. The lowest BCUT2D eigenvalue weighted by Gasteiger charge is -2.17. The van der Waals surface area contributed by atoms with Crippen LogP contribution in [0.25, 0.3) is 10.8 Å². The van der Waals surface area contributed by atoms with Crippen LogP contribution in [0.1, 0.15) is 55.1 Å². The number of hydrazine groups is 1. The minimum absolute atomic E-state index is 0.0728. The van der Waals surface area contributed by atoms with Crippen molar-refractivity contribution in [3.63, 3.8) is 0 Å². The molecule has 0 unspecified atom stereocenters. The number of rotatable bonds is 7. The number of fused-ring (bicyclic) bond motifs is 1. The second-order valence-corrected chi connectivity index (χ2v) is 8.13. The number of nitrogens with zero attached hydrogens (tertiary/aromatic N) is 2. The van der Waals surface area contributed by atoms with Crippen molar-refractivity contribution in [1.29, 1.82) is 0 Å². The van der Waals surface area contributed by atoms with Gasteiger partial charge in [-0.2, -0.15) is 5.10 Å². The van der Waals surface area contributed by atoms with Crippen molar-refractivity contribution >= 4 is 22.6 Å². The number of carbonyl (C=O) groups is 2. The molecule has 0 saturated heterocycles. The molecule has 2 amide bonds. The number of carbonyl (C=O) groups excluding carboxylic acids is 2. The van der Waals surface area contributed by atoms with Crippen molar-refractivity contribution in [2.45, 2.75) is 51.0 Å². The summed E-state index contributed by atoms with van der Waals surface area (Å²) in [6.45, 7) is 2.48. The van der Waals surface area contributed by atoms with Crippen LogP contribution in [-0.4, -0.2) is 21.6 Å². The van der Waals surface area contributed by atoms with Crippen LogP contribution in [0.4, 0.5) is 4.39 Å². The molecule has 1 heterocycles. The first kappa shape index (κ1) is 21.7. The molecule has 0 aliphatic heterocycles. The van der Waals surface area contributed by atoms with Gasteiger partial charge in [0.2, 0.25) is 5.91 Å². The van der Waals surface area contributed by atoms with Crippen molar-refractivity contribution < 1.29 is 14.0 Å². The van der Waals surface area contributed by atoms with E-state index in [-0.39, 0.29) is 23.0 Å². The predicted octanol–water partition coefficient (Wildman–Crippen LogP) is 3.22. The molecule has 4 rings (SSSR count). The van der Waals surface area contributed by atoms with Gasteiger partial charge in [0, 0.05) is 11.9 Å². The third kappa shape index (κ3) is 4.12. The van der Waals surface area contributed by atoms with Crippen LogP contribution in [0.2, 0.25) is 0 Å². The first-order chi connectivity index (χ1) is 15.5. The summed E-state index contributed by atoms with van der Waals surface area (Å²) in [5, 5.41) is 5.12. The highest BCUT2D eigenvalue weighted by Crippen LogP contribution is 2.48. The van der Waals surface area contributed by atoms with Crippen LogP contribution in [0.3, 0.4) is 0 Å². The normalized spacial score (nSPS) is 14.2. The molecule has 0 atom stereocenters. The number of aryl methyl sites for hydroxylation is 1. The lowest BCUT2D eigenvalue weighted by molar-refractivity contribution is -0.124. The van der Waals surface area contributed by atoms with E-state index in [9.17, 15) is 18.8 Å². The highest BCUT2D eigenvalue weighted by molar-refractivity contribution is 6.05. The van der Waals surface area contributed by atoms with Crippen molar-refractivity contribution in [2.24, 2.45) is 0 Å². The van der Waals surface area contributed by atoms with Crippen molar-refractivity contribution in [3.8, 4) is 0 Å². The maximum atomic E-state index is 13.2. The summed E-state index contributed by atoms with van der Waals surface area (Å²) < 4.78 is 14.6. The lowest BCUT2D eigenvalue weighted by Crippen LogP contribution is -2.47. The molecule has 0 bridgehead atoms. The van der Waals surface area contributed by atoms with Crippen LogP contribution in [0.15, 0.2) is 53.3 Å². The first-order valence-electron chi connectivity index (χ1n) is 10.8. The van der Waals surface area contributed by atoms with Gasteiger partial charge < -0.3 is 0 Å². The molecule has 3 aromatic rings. The number of halogens is 1. The molecule has 8 heteroatoms. The summed E-state index contributed by atoms with van der Waals surface area (Å²) >= 11 is 0. The molecule has 1 aliphatic carbocycles. The fourth-order valence-corrected chi connectivity index (χ4v) is 3.90. The lowest BCUT2D eigenvalue weighted by atomic mass is 9.95. The summed E-state index contributed by atoms with van der Waals surface area (Å²) in [7, 11) is 0. The Hall–Kier alpha value is -3.55. The van der Waals surface area contributed by atoms with Gasteiger partial charge in [-0.15, -0.1) is 0 Å². The van der Waals surface area contributed by atoms with E-state index in [4.69, 9.17) is 0 Å². The number of aromatic nitrogens is 2. The molecule has 2 aromatic carbocycles. The van der Waals surface area contributed by atoms with Gasteiger partial charge in [0.25, 0.3) is 11.5 Å². The number of hydrogen-bond acceptors (Lipinski definition) is 4. The van der Waals surface area contributed by atoms with Gasteiger partial charge in [0.05, 0.1) is 10.8 Å². The van der Waals surface area contributed by atoms with Gasteiger partial charge in [0.15, 0.2) is 5.69 Å². The van der Waals surface area contributed by atoms with E-state index in [1.54, 1.807) is 36.4 Å². The highest BCUT2D eigenvalue weighted by atomic mass is 19.1. The zero-order valence-electron chi connectivity index (χ0n) is 17.9. The topological polar surface area (TPSA) is 93.1 Å². The van der Waals surface area contributed by atoms with Crippen LogP contribution in [0.5, 0.6) is 0 Å². The largest absolute Gasteiger partial charge is 0.290 e. The molecule has 2 N–H and O–H groups in total. The Morgan fingerprint density at radius 3 is 2.38 bits per heavy atom. The fraction of sp³-hybridized carbons (Fsp3) is 0.333. The van der Waals surface area contributed by atoms with Gasteiger partial charge in [-0.3, -0.25) is 25.2 Å². The van der Waals surface area contributed by atoms with E-state index in [0.29, 0.717) is 35.7 Å². The van der Waals surface area contributed by atoms with E-state index in [1.807, 2.05) is 0 Å². The van der Waals surface area contributed by atoms with Crippen molar-refractivity contribution in [3.05, 3.63) is 76.0 Å². The average molecular weight is 436 g/mol. The second-order valence-electron chi connectivity index (χ2n) is 8.13. The zero-order chi connectivity index (χ0) is 22.7. The van der Waals surface area contributed by atoms with Gasteiger partial charge >= 0.3 is 0 Å². The first-order valence-corrected chi connectivity index (χ1v) is 10.8. The number of nitrogens with one attached hydrogen (secondary N) is 2. The molecule has 32 heavy (non-hydrogen) atoms. The smallest absolute Gasteiger partial charge is 0.272 e. The summed E-state index contributed by atoms with van der Waals surface area (Å²) in [6.07, 6.45) is 3.95. The Balaban J connectivity index is 1.55. The molecular formula is C24H25FN4O3. The number of benzene rings is 2. The Kier molecular flexibility index (Phi) is 6.03. The number of hydrogen-bond donors (Lipinski definition) is 2. The maximum Gasteiger partial charge on any atom is 0.290 e. The summed E-state index contributed by atoms with van der Waals surface area (Å²) in [6, 6.07) is 12.6. The number of unbranched alkanes of at least 4 members (excludes halogenated alkanes) is 2. The van der Waals surface area contributed by atoms with Gasteiger partial charge in [-0.25, -0.2) is 9.07 Å². The molecule has 1 saturated carbocycles. The minimum Gasteiger partial charge on any atom is -0.272 e. The third-order valence-electron chi connectivity index (χ3n) is 5.93. The molecule has 0 radical (unpaired) electrons. The molecule has 1 aromatic heterocycles. The van der Waals surface area contributed by atoms with E-state index in [1.165, 1.54) is 16.8 Å². The molecule has 7 nitrogen and oxygen atoms in total. The maximum absolute atomic E-state index is 13.2. The van der Waals surface area contributed by atoms with Gasteiger partial charge in [0.1, 0.15) is 5.82 Å². The zero-order valence-corrected chi connectivity index (χ0v) is 17.9. The van der Waals surface area contributed by atoms with Crippen LogP contribution >= 0.6 is 0 Å². The summed E-state index contributed by atoms with van der Waals surface area (Å²) in [5.74, 6) is -1.34. The van der Waals surface area contributed by atoms with Crippen molar-refractivity contribution in [1.82, 2.24) is 20.6 Å². The standard InChI is InChI=1S/C24H25FN4O3/c1-2-3-6-15-29-22(31)19-8-5-4-7-18(19)20(28-29)21(30)26-27-23(32)24(13-14-24)16-9-11-17(25)12-10-16/h4-5,7-12H,2-3,6,13-15H2,1H3,(H,26,30)(H,27,32). The molecule has 1 fully saturated rings. The van der Waals surface area contributed by atoms with Crippen LogP contribution in [0, 0.1) is 5.82 Å². The van der Waals surface area contributed by atoms with E-state index >= 15 is 0 Å². The van der Waals surface area contributed by atoms with E-state index in [2.05, 4.69) is 22.9 Å². The van der Waals surface area contributed by atoms with Crippen LogP contribution < -0.4 is 16.4 Å². The summed E-state index contributed by atoms with van der Waals surface area (Å²) in [4.78, 5) is 38.5. The van der Waals surface area contributed by atoms with E-state index in [0.717, 1.165) is 19.3 Å². The molecule has 0 spiro atoms.